The highest BCUT2D eigenvalue weighted by Crippen LogP contribution is 2.35. The summed E-state index contributed by atoms with van der Waals surface area (Å²) < 4.78 is 7.03. The molecule has 1 rings (SSSR count). The van der Waals surface area contributed by atoms with Gasteiger partial charge in [0.05, 0.1) is 27.7 Å². The highest BCUT2D eigenvalue weighted by molar-refractivity contribution is 7.80. The van der Waals surface area contributed by atoms with Gasteiger partial charge in [-0.05, 0) is 25.3 Å². The molecule has 0 radical (unpaired) electrons. The summed E-state index contributed by atoms with van der Waals surface area (Å²) in [4.78, 5) is 1.10. The van der Waals surface area contributed by atoms with Gasteiger partial charge in [-0.1, -0.05) is 31.6 Å². The normalized spacial score (nSPS) is 25.8. The number of allylic oxidation sites excluding steroid dienone is 1. The standard InChI is InChI=1S/C15H28NOS/c1-6-8-9-13(7-2)15(12-16(3,4)5)14(18)10-11-17-15/h7H,6,8-12H2,1-5H3/q+1. The predicted octanol–water partition coefficient (Wildman–Crippen LogP) is 3.36. The molecule has 1 aliphatic rings. The number of quaternary nitrogens is 1. The monoisotopic (exact) mass is 270 g/mol. The molecular weight excluding hydrogens is 242 g/mol. The van der Waals surface area contributed by atoms with Gasteiger partial charge >= 0.3 is 0 Å². The molecule has 0 saturated carbocycles. The largest absolute Gasteiger partial charge is 0.359 e. The van der Waals surface area contributed by atoms with Crippen molar-refractivity contribution < 1.29 is 9.22 Å². The zero-order valence-electron chi connectivity index (χ0n) is 12.6. The Hall–Kier alpha value is -0.250. The molecule has 104 valence electrons. The first kappa shape index (κ1) is 15.8. The first-order valence-electron chi connectivity index (χ1n) is 6.99. The summed E-state index contributed by atoms with van der Waals surface area (Å²) in [6, 6.07) is 0. The number of hydrogen-bond acceptors (Lipinski definition) is 2. The third-order valence-electron chi connectivity index (χ3n) is 3.49. The van der Waals surface area contributed by atoms with Crippen molar-refractivity contribution in [3.63, 3.8) is 0 Å². The molecule has 0 aromatic rings. The topological polar surface area (TPSA) is 9.23 Å². The lowest BCUT2D eigenvalue weighted by atomic mass is 9.85. The van der Waals surface area contributed by atoms with Gasteiger partial charge in [-0.15, -0.1) is 0 Å². The lowest BCUT2D eigenvalue weighted by Crippen LogP contribution is -2.53. The molecule has 0 aromatic carbocycles. The van der Waals surface area contributed by atoms with E-state index in [4.69, 9.17) is 17.0 Å². The molecule has 0 aliphatic carbocycles. The van der Waals surface area contributed by atoms with Crippen LogP contribution in [-0.4, -0.2) is 49.2 Å². The van der Waals surface area contributed by atoms with Gasteiger partial charge in [0.15, 0.2) is 5.60 Å². The van der Waals surface area contributed by atoms with Crippen LogP contribution >= 0.6 is 12.2 Å². The summed E-state index contributed by atoms with van der Waals surface area (Å²) in [7, 11) is 6.62. The van der Waals surface area contributed by atoms with E-state index in [1.807, 2.05) is 0 Å². The number of thiocarbonyl (C=S) groups is 1. The predicted molar refractivity (Wildman–Crippen MR) is 82.1 cm³/mol. The fourth-order valence-electron chi connectivity index (χ4n) is 2.72. The van der Waals surface area contributed by atoms with E-state index >= 15 is 0 Å². The van der Waals surface area contributed by atoms with E-state index in [0.717, 1.165) is 35.3 Å². The summed E-state index contributed by atoms with van der Waals surface area (Å²) in [6.07, 6.45) is 6.68. The maximum absolute atomic E-state index is 6.15. The van der Waals surface area contributed by atoms with E-state index in [0.29, 0.717) is 0 Å². The Labute approximate surface area is 118 Å². The van der Waals surface area contributed by atoms with Crippen molar-refractivity contribution in [2.45, 2.75) is 45.1 Å². The summed E-state index contributed by atoms with van der Waals surface area (Å²) >= 11 is 5.64. The van der Waals surface area contributed by atoms with E-state index in [2.05, 4.69) is 41.1 Å². The molecule has 0 amide bonds. The highest BCUT2D eigenvalue weighted by atomic mass is 32.1. The zero-order chi connectivity index (χ0) is 13.8. The lowest BCUT2D eigenvalue weighted by Gasteiger charge is -2.38. The fraction of sp³-hybridized carbons (Fsp3) is 0.800. The highest BCUT2D eigenvalue weighted by Gasteiger charge is 2.46. The molecule has 0 aromatic heterocycles. The Balaban J connectivity index is 3.00. The number of likely N-dealkylation sites (N-methyl/N-ethyl adjacent to an activating group) is 1. The Kier molecular flexibility index (Phi) is 5.50. The van der Waals surface area contributed by atoms with Crippen molar-refractivity contribution in [2.24, 2.45) is 0 Å². The third kappa shape index (κ3) is 3.62. The molecule has 0 bridgehead atoms. The van der Waals surface area contributed by atoms with Crippen LogP contribution in [0.2, 0.25) is 0 Å². The number of nitrogens with zero attached hydrogens (tertiary/aromatic N) is 1. The van der Waals surface area contributed by atoms with E-state index < -0.39 is 0 Å². The zero-order valence-corrected chi connectivity index (χ0v) is 13.4. The van der Waals surface area contributed by atoms with Crippen LogP contribution in [0.5, 0.6) is 0 Å². The maximum atomic E-state index is 6.15. The molecular formula is C15H28NOS+. The molecule has 0 N–H and O–H groups in total. The maximum Gasteiger partial charge on any atom is 0.169 e. The Morgan fingerprint density at radius 1 is 1.44 bits per heavy atom. The average Bonchev–Trinajstić information content (AvgIpc) is 2.60. The number of rotatable bonds is 6. The van der Waals surface area contributed by atoms with Gasteiger partial charge < -0.3 is 9.22 Å². The second kappa shape index (κ2) is 6.27. The molecule has 1 heterocycles. The minimum Gasteiger partial charge on any atom is -0.359 e. The van der Waals surface area contributed by atoms with Crippen molar-refractivity contribution in [2.75, 3.05) is 34.3 Å². The number of hydrogen-bond donors (Lipinski definition) is 0. The van der Waals surface area contributed by atoms with Crippen LogP contribution in [0.25, 0.3) is 0 Å². The van der Waals surface area contributed by atoms with Gasteiger partial charge in [-0.2, -0.15) is 0 Å². The van der Waals surface area contributed by atoms with Gasteiger partial charge in [0.2, 0.25) is 0 Å². The summed E-state index contributed by atoms with van der Waals surface area (Å²) in [6.45, 7) is 6.07. The van der Waals surface area contributed by atoms with Gasteiger partial charge in [-0.3, -0.25) is 0 Å². The van der Waals surface area contributed by atoms with Gasteiger partial charge in [0.25, 0.3) is 0 Å². The Morgan fingerprint density at radius 3 is 2.50 bits per heavy atom. The SMILES string of the molecule is CC=C(CCCC)C1(C[N+](C)(C)C)OCCC1=S. The summed E-state index contributed by atoms with van der Waals surface area (Å²) in [5.74, 6) is 0. The minimum atomic E-state index is -0.280. The Morgan fingerprint density at radius 2 is 2.11 bits per heavy atom. The second-order valence-corrected chi connectivity index (χ2v) is 6.71. The fourth-order valence-corrected chi connectivity index (χ4v) is 3.06. The van der Waals surface area contributed by atoms with Crippen LogP contribution in [0, 0.1) is 0 Å². The van der Waals surface area contributed by atoms with Crippen LogP contribution in [0.1, 0.15) is 39.5 Å². The molecule has 0 spiro atoms. The molecule has 1 unspecified atom stereocenters. The first-order chi connectivity index (χ1) is 8.35. The van der Waals surface area contributed by atoms with Gasteiger partial charge in [0.1, 0.15) is 6.54 Å². The van der Waals surface area contributed by atoms with E-state index in [9.17, 15) is 0 Å². The first-order valence-corrected chi connectivity index (χ1v) is 7.40. The molecule has 2 nitrogen and oxygen atoms in total. The van der Waals surface area contributed by atoms with Gasteiger partial charge in [0, 0.05) is 11.3 Å². The Bertz CT molecular complexity index is 330. The smallest absolute Gasteiger partial charge is 0.169 e. The molecule has 1 fully saturated rings. The summed E-state index contributed by atoms with van der Waals surface area (Å²) in [5, 5.41) is 0. The molecule has 1 aliphatic heterocycles. The van der Waals surface area contributed by atoms with E-state index in [1.54, 1.807) is 0 Å². The van der Waals surface area contributed by atoms with Crippen molar-refractivity contribution in [1.82, 2.24) is 0 Å². The van der Waals surface area contributed by atoms with Crippen molar-refractivity contribution >= 4 is 17.1 Å². The van der Waals surface area contributed by atoms with Crippen LogP contribution in [0.15, 0.2) is 11.6 Å². The van der Waals surface area contributed by atoms with E-state index in [1.165, 1.54) is 18.4 Å². The molecule has 1 saturated heterocycles. The van der Waals surface area contributed by atoms with Crippen LogP contribution in [0.4, 0.5) is 0 Å². The molecule has 18 heavy (non-hydrogen) atoms. The number of ether oxygens (including phenoxy) is 1. The molecule has 3 heteroatoms. The summed E-state index contributed by atoms with van der Waals surface area (Å²) in [5.41, 5.74) is 1.11. The second-order valence-electron chi connectivity index (χ2n) is 6.21. The van der Waals surface area contributed by atoms with Gasteiger partial charge in [-0.25, -0.2) is 0 Å². The quantitative estimate of drug-likeness (QED) is 0.416. The number of unbranched alkanes of at least 4 members (excludes halogenated alkanes) is 1. The van der Waals surface area contributed by atoms with Crippen LogP contribution < -0.4 is 0 Å². The van der Waals surface area contributed by atoms with Crippen molar-refractivity contribution in [3.05, 3.63) is 11.6 Å². The van der Waals surface area contributed by atoms with Crippen LogP contribution in [-0.2, 0) is 4.74 Å². The van der Waals surface area contributed by atoms with Crippen molar-refractivity contribution in [1.29, 1.82) is 0 Å². The lowest BCUT2D eigenvalue weighted by molar-refractivity contribution is -0.874. The third-order valence-corrected chi connectivity index (χ3v) is 4.03. The average molecular weight is 270 g/mol. The molecule has 1 atom stereocenters. The van der Waals surface area contributed by atoms with Crippen molar-refractivity contribution in [3.8, 4) is 0 Å². The van der Waals surface area contributed by atoms with E-state index in [-0.39, 0.29) is 5.60 Å². The minimum absolute atomic E-state index is 0.280. The van der Waals surface area contributed by atoms with Crippen LogP contribution in [0.3, 0.4) is 0 Å².